The Balaban J connectivity index is 1.41. The highest BCUT2D eigenvalue weighted by molar-refractivity contribution is 7.88. The molecule has 0 radical (unpaired) electrons. The summed E-state index contributed by atoms with van der Waals surface area (Å²) in [5.41, 5.74) is 3.76. The van der Waals surface area contributed by atoms with E-state index in [0.717, 1.165) is 16.7 Å². The van der Waals surface area contributed by atoms with E-state index in [0.29, 0.717) is 41.5 Å². The molecule has 1 N–H and O–H groups in total. The van der Waals surface area contributed by atoms with Crippen LogP contribution in [0.15, 0.2) is 72.8 Å². The lowest BCUT2D eigenvalue weighted by molar-refractivity contribution is -0.126. The first-order valence-electron chi connectivity index (χ1n) is 11.6. The summed E-state index contributed by atoms with van der Waals surface area (Å²) in [4.78, 5) is 13.2. The van der Waals surface area contributed by atoms with Gasteiger partial charge in [0, 0.05) is 19.0 Å². The number of piperidine rings is 1. The summed E-state index contributed by atoms with van der Waals surface area (Å²) in [5.74, 6) is -0.450. The normalized spacial score (nSPS) is 16.1. The van der Waals surface area contributed by atoms with Crippen LogP contribution < -0.4 is 5.32 Å². The van der Waals surface area contributed by atoms with Gasteiger partial charge in [-0.1, -0.05) is 89.4 Å². The number of halogens is 2. The average molecular weight is 532 g/mol. The smallest absolute Gasteiger partial charge is 0.223 e. The largest absolute Gasteiger partial charge is 0.345 e. The summed E-state index contributed by atoms with van der Waals surface area (Å²) in [6.45, 7) is 2.65. The van der Waals surface area contributed by atoms with E-state index in [9.17, 15) is 13.2 Å². The third-order valence-corrected chi connectivity index (χ3v) is 8.97. The number of amides is 1. The highest BCUT2D eigenvalue weighted by Gasteiger charge is 2.32. The predicted molar refractivity (Wildman–Crippen MR) is 141 cm³/mol. The van der Waals surface area contributed by atoms with Crippen LogP contribution in [0.1, 0.15) is 41.1 Å². The van der Waals surface area contributed by atoms with E-state index in [1.807, 2.05) is 61.5 Å². The van der Waals surface area contributed by atoms with Crippen LogP contribution in [0.2, 0.25) is 10.0 Å². The molecule has 5 nitrogen and oxygen atoms in total. The molecule has 0 bridgehead atoms. The summed E-state index contributed by atoms with van der Waals surface area (Å²) in [6, 6.07) is 22.6. The van der Waals surface area contributed by atoms with Crippen molar-refractivity contribution in [3.8, 4) is 0 Å². The molecule has 0 aromatic heterocycles. The second kappa shape index (κ2) is 11.1. The maximum Gasteiger partial charge on any atom is 0.223 e. The Morgan fingerprint density at radius 3 is 2.20 bits per heavy atom. The van der Waals surface area contributed by atoms with Crippen LogP contribution in [0.4, 0.5) is 0 Å². The van der Waals surface area contributed by atoms with Gasteiger partial charge in [-0.3, -0.25) is 4.79 Å². The molecule has 3 aromatic carbocycles. The molecule has 1 atom stereocenters. The molecule has 0 unspecified atom stereocenters. The van der Waals surface area contributed by atoms with Crippen LogP contribution in [0.25, 0.3) is 0 Å². The van der Waals surface area contributed by atoms with Crippen molar-refractivity contribution in [3.05, 3.63) is 105 Å². The molecule has 35 heavy (non-hydrogen) atoms. The van der Waals surface area contributed by atoms with Gasteiger partial charge in [0.25, 0.3) is 0 Å². The Morgan fingerprint density at radius 1 is 0.943 bits per heavy atom. The van der Waals surface area contributed by atoms with Crippen LogP contribution in [0.3, 0.4) is 0 Å². The number of benzene rings is 3. The van der Waals surface area contributed by atoms with Crippen LogP contribution >= 0.6 is 23.2 Å². The summed E-state index contributed by atoms with van der Waals surface area (Å²) in [5, 5.41) is 3.93. The maximum atomic E-state index is 13.2. The third-order valence-electron chi connectivity index (χ3n) is 6.38. The molecular formula is C27H28Cl2N2O3S. The highest BCUT2D eigenvalue weighted by atomic mass is 35.5. The van der Waals surface area contributed by atoms with Crippen LogP contribution in [0, 0.1) is 12.8 Å². The first-order valence-corrected chi connectivity index (χ1v) is 13.9. The molecule has 4 rings (SSSR count). The minimum atomic E-state index is -3.53. The monoisotopic (exact) mass is 530 g/mol. The lowest BCUT2D eigenvalue weighted by atomic mass is 9.94. The predicted octanol–water partition coefficient (Wildman–Crippen LogP) is 5.75. The fourth-order valence-corrected chi connectivity index (χ4v) is 6.22. The van der Waals surface area contributed by atoms with Crippen molar-refractivity contribution in [1.29, 1.82) is 0 Å². The van der Waals surface area contributed by atoms with Gasteiger partial charge >= 0.3 is 0 Å². The van der Waals surface area contributed by atoms with Crippen molar-refractivity contribution in [1.82, 2.24) is 9.62 Å². The first kappa shape index (κ1) is 25.7. The summed E-state index contributed by atoms with van der Waals surface area (Å²) < 4.78 is 27.4. The fourth-order valence-electron chi connectivity index (χ4n) is 4.35. The SMILES string of the molecule is Cc1ccc([C@@H](NC(=O)C2CCN(S(=O)(=O)Cc3ccc(Cl)c(Cl)c3)CC2)c2ccccc2)cc1. The number of hydrogen-bond acceptors (Lipinski definition) is 3. The third kappa shape index (κ3) is 6.44. The van der Waals surface area contributed by atoms with Gasteiger partial charge in [-0.2, -0.15) is 0 Å². The van der Waals surface area contributed by atoms with Crippen molar-refractivity contribution in [3.63, 3.8) is 0 Å². The van der Waals surface area contributed by atoms with Gasteiger partial charge in [0.05, 0.1) is 21.8 Å². The topological polar surface area (TPSA) is 66.5 Å². The lowest BCUT2D eigenvalue weighted by Crippen LogP contribution is -2.44. The van der Waals surface area contributed by atoms with E-state index in [1.165, 1.54) is 4.31 Å². The molecular weight excluding hydrogens is 503 g/mol. The number of nitrogens with zero attached hydrogens (tertiary/aromatic N) is 1. The van der Waals surface area contributed by atoms with Gasteiger partial charge in [0.15, 0.2) is 0 Å². The molecule has 1 aliphatic rings. The maximum absolute atomic E-state index is 13.2. The average Bonchev–Trinajstić information content (AvgIpc) is 2.86. The number of sulfonamides is 1. The Bertz CT molecular complexity index is 1270. The van der Waals surface area contributed by atoms with Crippen molar-refractivity contribution >= 4 is 39.1 Å². The molecule has 1 aliphatic heterocycles. The number of rotatable bonds is 7. The van der Waals surface area contributed by atoms with E-state index in [2.05, 4.69) is 5.32 Å². The molecule has 1 saturated heterocycles. The fraction of sp³-hybridized carbons (Fsp3) is 0.296. The van der Waals surface area contributed by atoms with Crippen molar-refractivity contribution in [2.75, 3.05) is 13.1 Å². The van der Waals surface area contributed by atoms with Crippen molar-refractivity contribution in [2.24, 2.45) is 5.92 Å². The Labute approximate surface area is 217 Å². The van der Waals surface area contributed by atoms with Crippen LogP contribution in [-0.4, -0.2) is 31.7 Å². The molecule has 1 heterocycles. The van der Waals surface area contributed by atoms with Gasteiger partial charge in [-0.15, -0.1) is 0 Å². The molecule has 0 aliphatic carbocycles. The number of carbonyl (C=O) groups is 1. The second-order valence-corrected chi connectivity index (χ2v) is 11.7. The van der Waals surface area contributed by atoms with E-state index in [-0.39, 0.29) is 23.6 Å². The zero-order chi connectivity index (χ0) is 25.0. The van der Waals surface area contributed by atoms with E-state index in [4.69, 9.17) is 23.2 Å². The lowest BCUT2D eigenvalue weighted by Gasteiger charge is -2.31. The number of nitrogens with one attached hydrogen (secondary N) is 1. The van der Waals surface area contributed by atoms with Crippen LogP contribution in [0.5, 0.6) is 0 Å². The van der Waals surface area contributed by atoms with Gasteiger partial charge in [-0.25, -0.2) is 12.7 Å². The molecule has 0 spiro atoms. The summed E-state index contributed by atoms with van der Waals surface area (Å²) >= 11 is 12.0. The quantitative estimate of drug-likeness (QED) is 0.422. The standard InChI is InChI=1S/C27H28Cl2N2O3S/c1-19-7-10-22(11-8-19)26(21-5-3-2-4-6-21)30-27(32)23-13-15-31(16-14-23)35(33,34)18-20-9-12-24(28)25(29)17-20/h2-12,17,23,26H,13-16,18H2,1H3,(H,30,32)/t26-/m0/s1. The van der Waals surface area contributed by atoms with E-state index in [1.54, 1.807) is 18.2 Å². The van der Waals surface area contributed by atoms with Gasteiger partial charge in [0.2, 0.25) is 15.9 Å². The van der Waals surface area contributed by atoms with E-state index < -0.39 is 10.0 Å². The molecule has 0 saturated carbocycles. The second-order valence-electron chi connectivity index (χ2n) is 8.94. The molecule has 8 heteroatoms. The molecule has 1 amide bonds. The Kier molecular flexibility index (Phi) is 8.17. The first-order chi connectivity index (χ1) is 16.7. The van der Waals surface area contributed by atoms with Crippen molar-refractivity contribution in [2.45, 2.75) is 31.6 Å². The number of carbonyl (C=O) groups excluding carboxylic acids is 1. The van der Waals surface area contributed by atoms with Gasteiger partial charge in [0.1, 0.15) is 0 Å². The molecule has 3 aromatic rings. The van der Waals surface area contributed by atoms with E-state index >= 15 is 0 Å². The summed E-state index contributed by atoms with van der Waals surface area (Å²) in [6.07, 6.45) is 0.948. The number of aryl methyl sites for hydroxylation is 1. The summed E-state index contributed by atoms with van der Waals surface area (Å²) in [7, 11) is -3.53. The number of hydrogen-bond donors (Lipinski definition) is 1. The Morgan fingerprint density at radius 2 is 1.57 bits per heavy atom. The Hall–Kier alpha value is -2.38. The minimum absolute atomic E-state index is 0.0547. The van der Waals surface area contributed by atoms with Gasteiger partial charge in [-0.05, 0) is 48.6 Å². The highest BCUT2D eigenvalue weighted by Crippen LogP contribution is 2.28. The zero-order valence-electron chi connectivity index (χ0n) is 19.5. The van der Waals surface area contributed by atoms with Crippen molar-refractivity contribution < 1.29 is 13.2 Å². The minimum Gasteiger partial charge on any atom is -0.345 e. The van der Waals surface area contributed by atoms with Crippen LogP contribution in [-0.2, 0) is 20.6 Å². The van der Waals surface area contributed by atoms with Gasteiger partial charge < -0.3 is 5.32 Å². The zero-order valence-corrected chi connectivity index (χ0v) is 21.8. The molecule has 1 fully saturated rings. The molecule has 184 valence electrons.